The van der Waals surface area contributed by atoms with Crippen LogP contribution >= 0.6 is 7.82 Å². The number of esters is 1. The second-order valence-corrected chi connectivity index (χ2v) is 16.9. The van der Waals surface area contributed by atoms with Gasteiger partial charge in [0.15, 0.2) is 0 Å². The molecule has 12 nitrogen and oxygen atoms in total. The maximum atomic E-state index is 12.8. The zero-order chi connectivity index (χ0) is 45.5. The van der Waals surface area contributed by atoms with Crippen LogP contribution in [0.5, 0.6) is 0 Å². The molecule has 0 amide bonds. The van der Waals surface area contributed by atoms with E-state index in [0.717, 1.165) is 96.3 Å². The fraction of sp³-hybridized carbons (Fsp3) is 0.653. The average molecular weight is 893 g/mol. The van der Waals surface area contributed by atoms with Crippen molar-refractivity contribution in [2.45, 2.75) is 185 Å². The summed E-state index contributed by atoms with van der Waals surface area (Å²) in [6, 6.07) is 0. The van der Waals surface area contributed by atoms with Crippen LogP contribution in [0.25, 0.3) is 0 Å². The summed E-state index contributed by atoms with van der Waals surface area (Å²) >= 11 is 0. The molecule has 1 aliphatic rings. The largest absolute Gasteiger partial charge is 0.472 e. The minimum Gasteiger partial charge on any atom is -0.457 e. The molecule has 1 rings (SSSR count). The Morgan fingerprint density at radius 2 is 0.903 bits per heavy atom. The van der Waals surface area contributed by atoms with E-state index in [0.29, 0.717) is 13.0 Å². The van der Waals surface area contributed by atoms with Crippen molar-refractivity contribution in [3.8, 4) is 0 Å². The number of phosphoric ester groups is 1. The second-order valence-electron chi connectivity index (χ2n) is 15.5. The van der Waals surface area contributed by atoms with E-state index in [1.54, 1.807) is 0 Å². The number of rotatable bonds is 37. The zero-order valence-corrected chi connectivity index (χ0v) is 38.5. The van der Waals surface area contributed by atoms with Gasteiger partial charge in [-0.3, -0.25) is 13.8 Å². The van der Waals surface area contributed by atoms with Crippen LogP contribution < -0.4 is 0 Å². The summed E-state index contributed by atoms with van der Waals surface area (Å²) in [6.07, 6.45) is 40.5. The lowest BCUT2D eigenvalue weighted by atomic mass is 9.85. The number of aliphatic hydroxyl groups is 5. The van der Waals surface area contributed by atoms with E-state index < -0.39 is 63.1 Å². The Kier molecular flexibility index (Phi) is 35.7. The van der Waals surface area contributed by atoms with E-state index in [2.05, 4.69) is 111 Å². The van der Waals surface area contributed by atoms with Gasteiger partial charge in [-0.25, -0.2) is 4.57 Å². The first-order valence-corrected chi connectivity index (χ1v) is 24.6. The third-order valence-corrected chi connectivity index (χ3v) is 10.9. The molecule has 6 atom stereocenters. The van der Waals surface area contributed by atoms with Crippen LogP contribution in [-0.4, -0.2) is 98.9 Å². The number of aliphatic hydroxyl groups excluding tert-OH is 5. The lowest BCUT2D eigenvalue weighted by Gasteiger charge is -2.41. The molecule has 0 spiro atoms. The standard InChI is InChI=1S/C49H81O12P/c1-3-5-7-9-11-13-15-17-19-20-21-22-23-25-27-29-31-33-35-37-39-58-40-42(41-59-62(56,57)61-49-47(54)45(52)44(51)46(53)48(49)55)60-43(50)38-36-34-32-30-28-26-24-18-16-14-12-10-8-6-4-2/h5-8,11-14,17-19,21-22,24,28,30,42,44-49,51-55H,3-4,9-10,15-16,20,23,25-27,29,31-41H2,1-2H3,(H,56,57)/b7-5-,8-6-,13-11-,14-12-,19-17-,22-21-,24-18-,30-28-. The van der Waals surface area contributed by atoms with Crippen molar-refractivity contribution in [3.05, 3.63) is 97.2 Å². The third kappa shape index (κ3) is 30.4. The smallest absolute Gasteiger partial charge is 0.457 e. The van der Waals surface area contributed by atoms with Crippen molar-refractivity contribution < 1.29 is 58.3 Å². The Labute approximate surface area is 373 Å². The van der Waals surface area contributed by atoms with Gasteiger partial charge in [0.1, 0.15) is 42.7 Å². The number of allylic oxidation sites excluding steroid dienone is 16. The van der Waals surface area contributed by atoms with Crippen molar-refractivity contribution >= 4 is 13.8 Å². The van der Waals surface area contributed by atoms with Gasteiger partial charge in [0.25, 0.3) is 0 Å². The summed E-state index contributed by atoms with van der Waals surface area (Å²) in [4.78, 5) is 23.1. The molecule has 0 aromatic heterocycles. The monoisotopic (exact) mass is 893 g/mol. The number of carbonyl (C=O) groups excluding carboxylic acids is 1. The molecule has 13 heteroatoms. The first-order valence-electron chi connectivity index (χ1n) is 23.1. The summed E-state index contributed by atoms with van der Waals surface area (Å²) in [6.45, 7) is 3.94. The van der Waals surface area contributed by atoms with Gasteiger partial charge in [-0.15, -0.1) is 0 Å². The van der Waals surface area contributed by atoms with Gasteiger partial charge < -0.3 is 39.9 Å². The fourth-order valence-electron chi connectivity index (χ4n) is 6.34. The van der Waals surface area contributed by atoms with Gasteiger partial charge in [-0.05, 0) is 89.9 Å². The maximum Gasteiger partial charge on any atom is 0.472 e. The lowest BCUT2D eigenvalue weighted by Crippen LogP contribution is -2.64. The van der Waals surface area contributed by atoms with Gasteiger partial charge in [0.2, 0.25) is 0 Å². The normalized spacial score (nSPS) is 22.9. The zero-order valence-electron chi connectivity index (χ0n) is 37.6. The number of hydrogen-bond donors (Lipinski definition) is 6. The number of ether oxygens (including phenoxy) is 2. The van der Waals surface area contributed by atoms with Crippen LogP contribution in [0.1, 0.15) is 142 Å². The van der Waals surface area contributed by atoms with Crippen molar-refractivity contribution in [1.82, 2.24) is 0 Å². The van der Waals surface area contributed by atoms with Crippen molar-refractivity contribution in [1.29, 1.82) is 0 Å². The predicted octanol–water partition coefficient (Wildman–Crippen LogP) is 9.53. The SMILES string of the molecule is CC/C=C\C/C=C\C/C=C\C/C=C\CCCCCCCCCOCC(COP(=O)(O)OC1C(O)C(O)C(O)C(O)C1O)OC(=O)CCCC/C=C\C/C=C\C/C=C\C/C=C\CC. The minimum absolute atomic E-state index is 0.108. The summed E-state index contributed by atoms with van der Waals surface area (Å²) in [7, 11) is -5.04. The van der Waals surface area contributed by atoms with E-state index in [4.69, 9.17) is 18.5 Å². The van der Waals surface area contributed by atoms with E-state index in [1.807, 2.05) is 0 Å². The highest BCUT2D eigenvalue weighted by atomic mass is 31.2. The first kappa shape index (κ1) is 57.3. The molecule has 0 saturated heterocycles. The van der Waals surface area contributed by atoms with Crippen LogP contribution in [0, 0.1) is 0 Å². The highest BCUT2D eigenvalue weighted by Gasteiger charge is 2.51. The molecule has 1 saturated carbocycles. The van der Waals surface area contributed by atoms with E-state index in [-0.39, 0.29) is 13.0 Å². The Morgan fingerprint density at radius 3 is 1.37 bits per heavy atom. The molecule has 1 aliphatic carbocycles. The van der Waals surface area contributed by atoms with Gasteiger partial charge >= 0.3 is 13.8 Å². The quantitative estimate of drug-likeness (QED) is 0.0150. The number of unbranched alkanes of at least 4 members (excludes halogenated alkanes) is 9. The fourth-order valence-corrected chi connectivity index (χ4v) is 7.31. The number of hydrogen-bond acceptors (Lipinski definition) is 11. The van der Waals surface area contributed by atoms with Crippen LogP contribution in [-0.2, 0) is 27.9 Å². The molecule has 1 fully saturated rings. The molecule has 354 valence electrons. The highest BCUT2D eigenvalue weighted by molar-refractivity contribution is 7.47. The van der Waals surface area contributed by atoms with Gasteiger partial charge in [-0.1, -0.05) is 143 Å². The molecule has 0 heterocycles. The summed E-state index contributed by atoms with van der Waals surface area (Å²) in [5, 5.41) is 50.2. The molecule has 0 aliphatic heterocycles. The third-order valence-electron chi connectivity index (χ3n) is 9.95. The predicted molar refractivity (Wildman–Crippen MR) is 248 cm³/mol. The van der Waals surface area contributed by atoms with Crippen molar-refractivity contribution in [2.75, 3.05) is 19.8 Å². The Bertz CT molecular complexity index is 1390. The molecule has 6 unspecified atom stereocenters. The number of phosphoric acid groups is 1. The molecule has 62 heavy (non-hydrogen) atoms. The van der Waals surface area contributed by atoms with E-state index >= 15 is 0 Å². The molecule has 0 aromatic rings. The van der Waals surface area contributed by atoms with Crippen LogP contribution in [0.2, 0.25) is 0 Å². The summed E-state index contributed by atoms with van der Waals surface area (Å²) in [5.74, 6) is -0.526. The minimum atomic E-state index is -5.04. The van der Waals surface area contributed by atoms with Crippen LogP contribution in [0.4, 0.5) is 0 Å². The summed E-state index contributed by atoms with van der Waals surface area (Å²) in [5.41, 5.74) is 0. The van der Waals surface area contributed by atoms with Crippen LogP contribution in [0.15, 0.2) is 97.2 Å². The topological polar surface area (TPSA) is 192 Å². The maximum absolute atomic E-state index is 12.8. The molecule has 0 radical (unpaired) electrons. The Morgan fingerprint density at radius 1 is 0.516 bits per heavy atom. The Hall–Kier alpha value is -2.74. The van der Waals surface area contributed by atoms with Gasteiger partial charge in [0, 0.05) is 13.0 Å². The van der Waals surface area contributed by atoms with Crippen molar-refractivity contribution in [2.24, 2.45) is 0 Å². The summed E-state index contributed by atoms with van der Waals surface area (Å²) < 4.78 is 34.1. The average Bonchev–Trinajstić information content (AvgIpc) is 3.26. The Balaban J connectivity index is 2.43. The second kappa shape index (κ2) is 38.7. The van der Waals surface area contributed by atoms with E-state index in [1.165, 1.54) is 19.3 Å². The van der Waals surface area contributed by atoms with Crippen LogP contribution in [0.3, 0.4) is 0 Å². The highest BCUT2D eigenvalue weighted by Crippen LogP contribution is 2.47. The van der Waals surface area contributed by atoms with E-state index in [9.17, 15) is 39.8 Å². The molecule has 6 N–H and O–H groups in total. The molecular formula is C49H81O12P. The molecular weight excluding hydrogens is 812 g/mol. The van der Waals surface area contributed by atoms with Crippen molar-refractivity contribution in [3.63, 3.8) is 0 Å². The number of carbonyl (C=O) groups is 1. The molecule has 0 aromatic carbocycles. The molecule has 0 bridgehead atoms. The van der Waals surface area contributed by atoms with Gasteiger partial charge in [0.05, 0.1) is 13.2 Å². The van der Waals surface area contributed by atoms with Gasteiger partial charge in [-0.2, -0.15) is 0 Å². The lowest BCUT2D eigenvalue weighted by molar-refractivity contribution is -0.220. The first-order chi connectivity index (χ1) is 30.0.